The molecule has 3 aromatic rings. The number of ether oxygens (including phenoxy) is 1. The summed E-state index contributed by atoms with van der Waals surface area (Å²) in [7, 11) is 3.95. The molecule has 2 unspecified atom stereocenters. The SMILES string of the molecule is CC(C)C(NC(=O)Cc1cccc(N=Nc2ccc(N(C)C)cc2)c1)C(=O)NC(Cc1ccccc1)C(=O)OC(C)(C)C. The lowest BCUT2D eigenvalue weighted by Crippen LogP contribution is -2.55. The lowest BCUT2D eigenvalue weighted by Gasteiger charge is -2.27. The number of hydrogen-bond donors (Lipinski definition) is 2. The Hall–Kier alpha value is -4.53. The fourth-order valence-electron chi connectivity index (χ4n) is 4.28. The third-order valence-electron chi connectivity index (χ3n) is 6.48. The summed E-state index contributed by atoms with van der Waals surface area (Å²) in [6.45, 7) is 9.03. The molecule has 0 spiro atoms. The van der Waals surface area contributed by atoms with Crippen LogP contribution in [0.5, 0.6) is 0 Å². The molecule has 3 rings (SSSR count). The van der Waals surface area contributed by atoms with Crippen molar-refractivity contribution in [1.29, 1.82) is 0 Å². The highest BCUT2D eigenvalue weighted by Crippen LogP contribution is 2.22. The van der Waals surface area contributed by atoms with E-state index in [9.17, 15) is 14.4 Å². The first-order chi connectivity index (χ1) is 20.3. The average Bonchev–Trinajstić information content (AvgIpc) is 2.94. The van der Waals surface area contributed by atoms with Crippen molar-refractivity contribution in [2.24, 2.45) is 16.1 Å². The molecule has 0 bridgehead atoms. The third kappa shape index (κ3) is 11.0. The highest BCUT2D eigenvalue weighted by atomic mass is 16.6. The lowest BCUT2D eigenvalue weighted by atomic mass is 10.0. The molecular formula is C34H43N5O4. The second-order valence-electron chi connectivity index (χ2n) is 12.0. The van der Waals surface area contributed by atoms with Gasteiger partial charge in [-0.05, 0) is 74.2 Å². The van der Waals surface area contributed by atoms with Gasteiger partial charge in [0.2, 0.25) is 11.8 Å². The summed E-state index contributed by atoms with van der Waals surface area (Å²) in [5, 5.41) is 14.3. The zero-order valence-electron chi connectivity index (χ0n) is 26.1. The normalized spacial score (nSPS) is 12.9. The fraction of sp³-hybridized carbons (Fsp3) is 0.382. The van der Waals surface area contributed by atoms with Crippen LogP contribution < -0.4 is 15.5 Å². The first-order valence-corrected chi connectivity index (χ1v) is 14.5. The number of azo groups is 1. The van der Waals surface area contributed by atoms with Gasteiger partial charge >= 0.3 is 5.97 Å². The number of nitrogens with zero attached hydrogens (tertiary/aromatic N) is 3. The number of esters is 1. The van der Waals surface area contributed by atoms with E-state index in [1.165, 1.54) is 0 Å². The summed E-state index contributed by atoms with van der Waals surface area (Å²) in [5.41, 5.74) is 3.30. The second kappa shape index (κ2) is 15.1. The Kier molecular flexibility index (Phi) is 11.6. The standard InChI is InChI=1S/C34H43N5O4/c1-23(2)31(32(41)35-29(33(42)43-34(3,4)5)21-24-12-9-8-10-13-24)36-30(40)22-25-14-11-15-27(20-25)38-37-26-16-18-28(19-17-26)39(6)7/h8-20,23,29,31H,21-22H2,1-7H3,(H,35,41)(H,36,40). The largest absolute Gasteiger partial charge is 0.458 e. The molecular weight excluding hydrogens is 542 g/mol. The summed E-state index contributed by atoms with van der Waals surface area (Å²) in [4.78, 5) is 41.5. The Balaban J connectivity index is 1.67. The van der Waals surface area contributed by atoms with Crippen LogP contribution in [0.1, 0.15) is 45.7 Å². The van der Waals surface area contributed by atoms with E-state index in [1.807, 2.05) is 106 Å². The Labute approximate surface area is 254 Å². The number of amides is 2. The average molecular weight is 586 g/mol. The van der Waals surface area contributed by atoms with Crippen molar-refractivity contribution in [2.45, 2.75) is 65.1 Å². The van der Waals surface area contributed by atoms with Crippen molar-refractivity contribution in [3.05, 3.63) is 90.0 Å². The van der Waals surface area contributed by atoms with Gasteiger partial charge in [-0.25, -0.2) is 4.79 Å². The molecule has 43 heavy (non-hydrogen) atoms. The number of rotatable bonds is 12. The number of nitrogens with one attached hydrogen (secondary N) is 2. The monoisotopic (exact) mass is 585 g/mol. The van der Waals surface area contributed by atoms with Gasteiger partial charge in [0.1, 0.15) is 17.7 Å². The summed E-state index contributed by atoms with van der Waals surface area (Å²) in [5.74, 6) is -1.52. The quantitative estimate of drug-likeness (QED) is 0.202. The van der Waals surface area contributed by atoms with Crippen LogP contribution in [0.4, 0.5) is 17.1 Å². The first-order valence-electron chi connectivity index (χ1n) is 14.5. The summed E-state index contributed by atoms with van der Waals surface area (Å²) in [6, 6.07) is 22.6. The molecule has 0 aliphatic rings. The smallest absolute Gasteiger partial charge is 0.329 e. The topological polar surface area (TPSA) is 112 Å². The maximum atomic E-state index is 13.4. The molecule has 2 atom stereocenters. The minimum absolute atomic E-state index is 0.0525. The van der Waals surface area contributed by atoms with Crippen LogP contribution in [-0.2, 0) is 32.0 Å². The maximum Gasteiger partial charge on any atom is 0.329 e. The molecule has 9 heteroatoms. The molecule has 0 aliphatic carbocycles. The highest BCUT2D eigenvalue weighted by molar-refractivity contribution is 5.91. The molecule has 228 valence electrons. The molecule has 0 heterocycles. The van der Waals surface area contributed by atoms with E-state index in [1.54, 1.807) is 26.8 Å². The molecule has 3 aromatic carbocycles. The van der Waals surface area contributed by atoms with Crippen molar-refractivity contribution in [3.63, 3.8) is 0 Å². The van der Waals surface area contributed by atoms with Crippen LogP contribution in [-0.4, -0.2) is 49.6 Å². The van der Waals surface area contributed by atoms with Crippen molar-refractivity contribution >= 4 is 34.8 Å². The van der Waals surface area contributed by atoms with E-state index < -0.39 is 29.6 Å². The predicted molar refractivity (Wildman–Crippen MR) is 170 cm³/mol. The fourth-order valence-corrected chi connectivity index (χ4v) is 4.28. The number of benzene rings is 3. The van der Waals surface area contributed by atoms with Crippen molar-refractivity contribution in [1.82, 2.24) is 10.6 Å². The molecule has 0 fully saturated rings. The predicted octanol–water partition coefficient (Wildman–Crippen LogP) is 5.92. The molecule has 0 radical (unpaired) electrons. The van der Waals surface area contributed by atoms with Gasteiger partial charge in [-0.15, -0.1) is 0 Å². The maximum absolute atomic E-state index is 13.4. The van der Waals surface area contributed by atoms with Crippen LogP contribution in [0, 0.1) is 5.92 Å². The Morgan fingerprint density at radius 2 is 1.44 bits per heavy atom. The van der Waals surface area contributed by atoms with E-state index in [2.05, 4.69) is 20.9 Å². The van der Waals surface area contributed by atoms with Crippen molar-refractivity contribution in [2.75, 3.05) is 19.0 Å². The van der Waals surface area contributed by atoms with Crippen LogP contribution in [0.3, 0.4) is 0 Å². The number of anilines is 1. The minimum Gasteiger partial charge on any atom is -0.458 e. The third-order valence-corrected chi connectivity index (χ3v) is 6.48. The van der Waals surface area contributed by atoms with Crippen molar-refractivity contribution in [3.8, 4) is 0 Å². The van der Waals surface area contributed by atoms with E-state index in [0.29, 0.717) is 5.69 Å². The van der Waals surface area contributed by atoms with E-state index in [-0.39, 0.29) is 24.7 Å². The van der Waals surface area contributed by atoms with Crippen molar-refractivity contribution < 1.29 is 19.1 Å². The Bertz CT molecular complexity index is 1400. The molecule has 2 N–H and O–H groups in total. The van der Waals surface area contributed by atoms with Gasteiger partial charge in [0.15, 0.2) is 0 Å². The minimum atomic E-state index is -0.909. The van der Waals surface area contributed by atoms with Crippen LogP contribution >= 0.6 is 0 Å². The van der Waals surface area contributed by atoms with Gasteiger partial charge in [0.05, 0.1) is 17.8 Å². The van der Waals surface area contributed by atoms with Crippen LogP contribution in [0.25, 0.3) is 0 Å². The molecule has 0 aliphatic heterocycles. The zero-order valence-corrected chi connectivity index (χ0v) is 26.1. The summed E-state index contributed by atoms with van der Waals surface area (Å²) >= 11 is 0. The highest BCUT2D eigenvalue weighted by Gasteiger charge is 2.31. The van der Waals surface area contributed by atoms with Gasteiger partial charge < -0.3 is 20.3 Å². The summed E-state index contributed by atoms with van der Waals surface area (Å²) < 4.78 is 5.59. The molecule has 0 saturated carbocycles. The number of carbonyl (C=O) groups is 3. The molecule has 2 amide bonds. The molecule has 0 aromatic heterocycles. The number of carbonyl (C=O) groups excluding carboxylic acids is 3. The van der Waals surface area contributed by atoms with E-state index in [4.69, 9.17) is 4.74 Å². The zero-order chi connectivity index (χ0) is 31.6. The summed E-state index contributed by atoms with van der Waals surface area (Å²) in [6.07, 6.45) is 0.318. The molecule has 0 saturated heterocycles. The second-order valence-corrected chi connectivity index (χ2v) is 12.0. The van der Waals surface area contributed by atoms with E-state index in [0.717, 1.165) is 22.5 Å². The first kappa shape index (κ1) is 33.0. The van der Waals surface area contributed by atoms with Gasteiger partial charge in [0, 0.05) is 26.2 Å². The van der Waals surface area contributed by atoms with Crippen LogP contribution in [0.15, 0.2) is 89.1 Å². The van der Waals surface area contributed by atoms with Gasteiger partial charge in [-0.3, -0.25) is 9.59 Å². The lowest BCUT2D eigenvalue weighted by molar-refractivity contribution is -0.158. The molecule has 9 nitrogen and oxygen atoms in total. The van der Waals surface area contributed by atoms with Gasteiger partial charge in [-0.1, -0.05) is 56.3 Å². The van der Waals surface area contributed by atoms with E-state index >= 15 is 0 Å². The Morgan fingerprint density at radius 3 is 2.05 bits per heavy atom. The van der Waals surface area contributed by atoms with Gasteiger partial charge in [-0.2, -0.15) is 10.2 Å². The van der Waals surface area contributed by atoms with Crippen LogP contribution in [0.2, 0.25) is 0 Å². The Morgan fingerprint density at radius 1 is 0.814 bits per heavy atom. The van der Waals surface area contributed by atoms with Gasteiger partial charge in [0.25, 0.3) is 0 Å². The number of hydrogen-bond acceptors (Lipinski definition) is 7.